The molecule has 0 aliphatic heterocycles. The second-order valence-electron chi connectivity index (χ2n) is 5.01. The lowest BCUT2D eigenvalue weighted by Crippen LogP contribution is -2.21. The molecule has 2 aromatic carbocycles. The minimum absolute atomic E-state index is 0.141. The molecule has 25 heavy (non-hydrogen) atoms. The van der Waals surface area contributed by atoms with Gasteiger partial charge in [0.05, 0.1) is 18.5 Å². The molecule has 2 rings (SSSR count). The molecule has 0 aliphatic rings. The van der Waals surface area contributed by atoms with Crippen molar-refractivity contribution in [3.8, 4) is 11.5 Å². The Morgan fingerprint density at radius 3 is 1.68 bits per heavy atom. The predicted molar refractivity (Wildman–Crippen MR) is 95.5 cm³/mol. The lowest BCUT2D eigenvalue weighted by molar-refractivity contribution is -0.110. The number of ether oxygens (including phenoxy) is 1. The van der Waals surface area contributed by atoms with Gasteiger partial charge in [-0.1, -0.05) is 24.3 Å². The van der Waals surface area contributed by atoms with Crippen LogP contribution in [0.3, 0.4) is 0 Å². The van der Waals surface area contributed by atoms with Crippen molar-refractivity contribution in [2.45, 2.75) is 0 Å². The van der Waals surface area contributed by atoms with Crippen molar-refractivity contribution >= 4 is 25.0 Å². The van der Waals surface area contributed by atoms with E-state index in [1.54, 1.807) is 43.5 Å². The first-order chi connectivity index (χ1) is 12.2. The smallest absolute Gasteiger partial charge is 0.211 e. The second kappa shape index (κ2) is 8.93. The van der Waals surface area contributed by atoms with Gasteiger partial charge in [0, 0.05) is 0 Å². The zero-order valence-corrected chi connectivity index (χ0v) is 13.6. The van der Waals surface area contributed by atoms with Crippen LogP contribution in [0.15, 0.2) is 59.9 Å². The summed E-state index contributed by atoms with van der Waals surface area (Å²) in [5.41, 5.74) is 2.38. The molecule has 128 valence electrons. The molecule has 0 radical (unpaired) electrons. The van der Waals surface area contributed by atoms with Crippen LogP contribution >= 0.6 is 0 Å². The molecule has 0 atom stereocenters. The summed E-state index contributed by atoms with van der Waals surface area (Å²) in [5.74, 6) is 0.856. The molecule has 3 N–H and O–H groups in total. The quantitative estimate of drug-likeness (QED) is 0.509. The Hall–Kier alpha value is -3.54. The molecule has 0 unspecified atom stereocenters. The van der Waals surface area contributed by atoms with E-state index in [0.29, 0.717) is 30.0 Å². The van der Waals surface area contributed by atoms with Crippen LogP contribution in [0.1, 0.15) is 11.1 Å². The van der Waals surface area contributed by atoms with E-state index in [-0.39, 0.29) is 5.75 Å². The third-order valence-electron chi connectivity index (χ3n) is 3.35. The molecular formula is C19H18N2O4. The Bertz CT molecular complexity index is 778. The van der Waals surface area contributed by atoms with Crippen LogP contribution in [-0.4, -0.2) is 25.0 Å². The van der Waals surface area contributed by atoms with E-state index in [4.69, 9.17) is 4.74 Å². The maximum atomic E-state index is 11.0. The van der Waals surface area contributed by atoms with Gasteiger partial charge in [0.15, 0.2) is 0 Å². The van der Waals surface area contributed by atoms with Crippen LogP contribution < -0.4 is 15.4 Å². The van der Waals surface area contributed by atoms with Crippen molar-refractivity contribution in [2.24, 2.45) is 0 Å². The number of hydrogen-bond donors (Lipinski definition) is 3. The van der Waals surface area contributed by atoms with Crippen LogP contribution in [0.4, 0.5) is 0 Å². The standard InChI is InChI=1S/C19H18N2O4/c1-25-17-8-4-15(5-9-17)11-19(21-13-23)18(20-12-22)10-14-2-6-16(24)7-3-14/h2-13,24H,1H3,(H,20,22)(H,21,23)/b18-10-,19-11-. The zero-order valence-electron chi connectivity index (χ0n) is 13.6. The molecule has 0 bridgehead atoms. The summed E-state index contributed by atoms with van der Waals surface area (Å²) in [6.45, 7) is 0. The van der Waals surface area contributed by atoms with E-state index < -0.39 is 0 Å². The average Bonchev–Trinajstić information content (AvgIpc) is 2.63. The summed E-state index contributed by atoms with van der Waals surface area (Å²) >= 11 is 0. The van der Waals surface area contributed by atoms with Crippen molar-refractivity contribution in [3.63, 3.8) is 0 Å². The van der Waals surface area contributed by atoms with Crippen LogP contribution in [-0.2, 0) is 9.59 Å². The normalized spacial score (nSPS) is 11.6. The van der Waals surface area contributed by atoms with Crippen molar-refractivity contribution in [3.05, 3.63) is 71.1 Å². The van der Waals surface area contributed by atoms with E-state index in [1.807, 2.05) is 12.1 Å². The average molecular weight is 338 g/mol. The molecule has 0 saturated heterocycles. The highest BCUT2D eigenvalue weighted by atomic mass is 16.5. The van der Waals surface area contributed by atoms with Crippen LogP contribution in [0.2, 0.25) is 0 Å². The topological polar surface area (TPSA) is 87.7 Å². The van der Waals surface area contributed by atoms with Crippen molar-refractivity contribution in [1.82, 2.24) is 10.6 Å². The largest absolute Gasteiger partial charge is 0.508 e. The molecule has 0 aliphatic carbocycles. The number of carbonyl (C=O) groups excluding carboxylic acids is 2. The molecular weight excluding hydrogens is 320 g/mol. The first-order valence-corrected chi connectivity index (χ1v) is 7.43. The first-order valence-electron chi connectivity index (χ1n) is 7.43. The summed E-state index contributed by atoms with van der Waals surface area (Å²) in [6.07, 6.45) is 4.46. The molecule has 6 heteroatoms. The Balaban J connectivity index is 2.40. The third-order valence-corrected chi connectivity index (χ3v) is 3.35. The van der Waals surface area contributed by atoms with Gasteiger partial charge in [-0.05, 0) is 47.5 Å². The summed E-state index contributed by atoms with van der Waals surface area (Å²) in [6, 6.07) is 13.7. The molecule has 0 saturated carbocycles. The Kier molecular flexibility index (Phi) is 6.36. The van der Waals surface area contributed by atoms with E-state index in [2.05, 4.69) is 10.6 Å². The number of phenolic OH excluding ortho intramolecular Hbond substituents is 1. The van der Waals surface area contributed by atoms with E-state index in [9.17, 15) is 14.7 Å². The maximum absolute atomic E-state index is 11.0. The molecule has 0 aromatic heterocycles. The summed E-state index contributed by atoms with van der Waals surface area (Å²) in [5, 5.41) is 14.5. The fourth-order valence-corrected chi connectivity index (χ4v) is 2.13. The summed E-state index contributed by atoms with van der Waals surface area (Å²) in [4.78, 5) is 21.9. The van der Waals surface area contributed by atoms with Crippen LogP contribution in [0.5, 0.6) is 11.5 Å². The lowest BCUT2D eigenvalue weighted by atomic mass is 10.1. The van der Waals surface area contributed by atoms with Gasteiger partial charge in [0.25, 0.3) is 0 Å². The fourth-order valence-electron chi connectivity index (χ4n) is 2.13. The van der Waals surface area contributed by atoms with Crippen molar-refractivity contribution in [1.29, 1.82) is 0 Å². The predicted octanol–water partition coefficient (Wildman–Crippen LogP) is 2.27. The number of methoxy groups -OCH3 is 1. The Morgan fingerprint density at radius 2 is 1.28 bits per heavy atom. The molecule has 2 aromatic rings. The van der Waals surface area contributed by atoms with Crippen LogP contribution in [0.25, 0.3) is 12.2 Å². The summed E-state index contributed by atoms with van der Waals surface area (Å²) < 4.78 is 5.11. The molecule has 0 fully saturated rings. The van der Waals surface area contributed by atoms with Gasteiger partial charge in [-0.25, -0.2) is 0 Å². The van der Waals surface area contributed by atoms with Gasteiger partial charge in [0.1, 0.15) is 11.5 Å². The zero-order chi connectivity index (χ0) is 18.1. The van der Waals surface area contributed by atoms with Gasteiger partial charge in [-0.2, -0.15) is 0 Å². The number of carbonyl (C=O) groups is 2. The lowest BCUT2D eigenvalue weighted by Gasteiger charge is -2.11. The molecule has 0 spiro atoms. The first kappa shape index (κ1) is 17.8. The maximum Gasteiger partial charge on any atom is 0.211 e. The Labute approximate surface area is 145 Å². The van der Waals surface area contributed by atoms with Crippen molar-refractivity contribution in [2.75, 3.05) is 7.11 Å². The minimum Gasteiger partial charge on any atom is -0.508 e. The third kappa shape index (κ3) is 5.24. The van der Waals surface area contributed by atoms with E-state index in [1.165, 1.54) is 12.1 Å². The fraction of sp³-hybridized carbons (Fsp3) is 0.0526. The second-order valence-corrected chi connectivity index (χ2v) is 5.01. The van der Waals surface area contributed by atoms with E-state index >= 15 is 0 Å². The van der Waals surface area contributed by atoms with Gasteiger partial charge in [-0.3, -0.25) is 9.59 Å². The highest BCUT2D eigenvalue weighted by Gasteiger charge is 2.06. The van der Waals surface area contributed by atoms with Gasteiger partial charge < -0.3 is 20.5 Å². The number of hydrogen-bond acceptors (Lipinski definition) is 4. The number of phenols is 1. The van der Waals surface area contributed by atoms with Crippen LogP contribution in [0, 0.1) is 0 Å². The SMILES string of the molecule is COc1ccc(/C=C(NC=O)/C(=C/c2ccc(O)cc2)NC=O)cc1. The number of aromatic hydroxyl groups is 1. The monoisotopic (exact) mass is 338 g/mol. The molecule has 2 amide bonds. The number of amides is 2. The number of rotatable bonds is 8. The van der Waals surface area contributed by atoms with E-state index in [0.717, 1.165) is 11.1 Å². The minimum atomic E-state index is 0.141. The Morgan fingerprint density at radius 1 is 0.840 bits per heavy atom. The van der Waals surface area contributed by atoms with Gasteiger partial charge in [-0.15, -0.1) is 0 Å². The molecule has 0 heterocycles. The van der Waals surface area contributed by atoms with Gasteiger partial charge >= 0.3 is 0 Å². The van der Waals surface area contributed by atoms with Crippen molar-refractivity contribution < 1.29 is 19.4 Å². The highest BCUT2D eigenvalue weighted by molar-refractivity contribution is 5.72. The van der Waals surface area contributed by atoms with Gasteiger partial charge in [0.2, 0.25) is 12.8 Å². The number of benzene rings is 2. The highest BCUT2D eigenvalue weighted by Crippen LogP contribution is 2.18. The number of nitrogens with one attached hydrogen (secondary N) is 2. The summed E-state index contributed by atoms with van der Waals surface area (Å²) in [7, 11) is 1.58. The molecule has 6 nitrogen and oxygen atoms in total.